The maximum Gasteiger partial charge on any atom is 0.410 e. The summed E-state index contributed by atoms with van der Waals surface area (Å²) < 4.78 is 50.7. The fourth-order valence-corrected chi connectivity index (χ4v) is 14.8. The van der Waals surface area contributed by atoms with Gasteiger partial charge in [-0.05, 0) is 122 Å². The molecule has 16 nitrogen and oxygen atoms in total. The summed E-state index contributed by atoms with van der Waals surface area (Å²) in [6.45, 7) is 10.7. The van der Waals surface area contributed by atoms with Gasteiger partial charge in [0.05, 0.1) is 50.6 Å². The monoisotopic (exact) mass is 1120 g/mol. The van der Waals surface area contributed by atoms with E-state index in [1.54, 1.807) is 42.7 Å². The Morgan fingerprint density at radius 1 is 0.646 bits per heavy atom. The van der Waals surface area contributed by atoms with Gasteiger partial charge in [-0.3, -0.25) is 24.7 Å². The number of anilines is 2. The van der Waals surface area contributed by atoms with E-state index in [2.05, 4.69) is 51.8 Å². The van der Waals surface area contributed by atoms with Crippen LogP contribution in [0.15, 0.2) is 60.9 Å². The largest absolute Gasteiger partial charge is 0.461 e. The Balaban J connectivity index is 0.000000152. The molecule has 2 unspecified atom stereocenters. The van der Waals surface area contributed by atoms with Crippen molar-refractivity contribution in [2.75, 3.05) is 82.0 Å². The minimum Gasteiger partial charge on any atom is -0.461 e. The number of carbonyl (C=O) groups excluding carboxylic acids is 1. The van der Waals surface area contributed by atoms with Crippen molar-refractivity contribution < 1.29 is 27.8 Å². The predicted octanol–water partition coefficient (Wildman–Crippen LogP) is 10.5. The van der Waals surface area contributed by atoms with Crippen molar-refractivity contribution in [3.8, 4) is 34.5 Å². The molecule has 8 aliphatic heterocycles. The molecular weight excluding hydrogens is 1050 g/mol. The van der Waals surface area contributed by atoms with Crippen LogP contribution in [0.25, 0.3) is 44.3 Å². The number of nitrogens with one attached hydrogen (secondary N) is 1. The van der Waals surface area contributed by atoms with E-state index in [1.807, 2.05) is 23.1 Å². The Bertz CT molecular complexity index is 3220. The van der Waals surface area contributed by atoms with Gasteiger partial charge in [-0.25, -0.2) is 13.6 Å². The molecule has 416 valence electrons. The maximum atomic E-state index is 16.3. The van der Waals surface area contributed by atoms with Crippen LogP contribution < -0.4 is 24.6 Å². The molecule has 12 heterocycles. The normalized spacial score (nSPS) is 23.8. The molecule has 79 heavy (non-hydrogen) atoms. The van der Waals surface area contributed by atoms with Crippen molar-refractivity contribution in [2.45, 2.75) is 132 Å². The first-order valence-corrected chi connectivity index (χ1v) is 29.5. The average Bonchev–Trinajstić information content (AvgIpc) is 4.45. The topological polar surface area (TPSA) is 150 Å². The Morgan fingerprint density at radius 2 is 1.10 bits per heavy atom. The van der Waals surface area contributed by atoms with Gasteiger partial charge in [0.1, 0.15) is 47.3 Å². The van der Waals surface area contributed by atoms with E-state index in [-0.39, 0.29) is 63.7 Å². The number of carbonyl (C=O) groups is 1. The van der Waals surface area contributed by atoms with Crippen LogP contribution in [0.4, 0.5) is 25.2 Å². The second-order valence-corrected chi connectivity index (χ2v) is 23.9. The zero-order chi connectivity index (χ0) is 53.8. The SMILES string of the molecule is CCCCOC(=O)N1C2CCC1CN(c1nc(OCC34CCCN3CCC4)nc3c(F)c(-c4ccccc4Cl)ncc13)C2.Fc1c(-c2ccccc2Cl)ncc2c(N3C[C@H]4CC[C@@H](C3)N4)nc(OCC34CCCN3CCC4)nc12. The fraction of sp³-hybridized carbons (Fsp3) is 0.542. The van der Waals surface area contributed by atoms with E-state index in [1.165, 1.54) is 12.8 Å². The zero-order valence-corrected chi connectivity index (χ0v) is 46.3. The summed E-state index contributed by atoms with van der Waals surface area (Å²) in [7, 11) is 0. The number of unbranched alkanes of at least 4 members (excludes halogenated alkanes) is 1. The van der Waals surface area contributed by atoms with E-state index in [9.17, 15) is 4.79 Å². The fourth-order valence-electron chi connectivity index (χ4n) is 14.4. The third-order valence-electron chi connectivity index (χ3n) is 18.3. The lowest BCUT2D eigenvalue weighted by atomic mass is 9.95. The maximum absolute atomic E-state index is 16.3. The number of ether oxygens (including phenoxy) is 3. The van der Waals surface area contributed by atoms with Crippen LogP contribution in [-0.2, 0) is 4.74 Å². The minimum absolute atomic E-state index is 0.000857. The van der Waals surface area contributed by atoms with Gasteiger partial charge in [0.15, 0.2) is 11.6 Å². The van der Waals surface area contributed by atoms with Crippen LogP contribution in [0.1, 0.15) is 96.8 Å². The van der Waals surface area contributed by atoms with Crippen LogP contribution in [-0.4, -0.2) is 158 Å². The number of halogens is 4. The van der Waals surface area contributed by atoms with Gasteiger partial charge in [-0.15, -0.1) is 0 Å². The van der Waals surface area contributed by atoms with Gasteiger partial charge in [-0.2, -0.15) is 19.9 Å². The second kappa shape index (κ2) is 21.9. The molecule has 4 atom stereocenters. The van der Waals surface area contributed by atoms with Crippen LogP contribution in [0.3, 0.4) is 0 Å². The van der Waals surface area contributed by atoms with Crippen molar-refractivity contribution in [3.05, 3.63) is 82.6 Å². The summed E-state index contributed by atoms with van der Waals surface area (Å²) in [4.78, 5) is 52.3. The van der Waals surface area contributed by atoms with E-state index < -0.39 is 11.6 Å². The predicted molar refractivity (Wildman–Crippen MR) is 301 cm³/mol. The summed E-state index contributed by atoms with van der Waals surface area (Å²) in [5.41, 5.74) is 1.85. The molecule has 8 saturated heterocycles. The van der Waals surface area contributed by atoms with Gasteiger partial charge >= 0.3 is 18.1 Å². The molecule has 1 N–H and O–H groups in total. The van der Waals surface area contributed by atoms with Gasteiger partial charge in [0, 0.05) is 61.8 Å². The number of benzene rings is 2. The molecule has 0 aliphatic carbocycles. The lowest BCUT2D eigenvalue weighted by molar-refractivity contribution is 0.0776. The molecule has 2 aromatic carbocycles. The van der Waals surface area contributed by atoms with E-state index in [4.69, 9.17) is 47.4 Å². The number of pyridine rings is 2. The molecule has 0 saturated carbocycles. The summed E-state index contributed by atoms with van der Waals surface area (Å²) in [6, 6.07) is 15.5. The molecule has 6 aromatic rings. The number of rotatable bonds is 13. The Kier molecular flexibility index (Phi) is 14.6. The van der Waals surface area contributed by atoms with Crippen LogP contribution in [0.5, 0.6) is 12.0 Å². The first kappa shape index (κ1) is 52.6. The van der Waals surface area contributed by atoms with E-state index in [0.717, 1.165) is 116 Å². The number of piperazine rings is 2. The zero-order valence-electron chi connectivity index (χ0n) is 44.8. The highest BCUT2D eigenvalue weighted by molar-refractivity contribution is 6.33. The molecule has 0 spiro atoms. The Morgan fingerprint density at radius 3 is 1.56 bits per heavy atom. The van der Waals surface area contributed by atoms with Crippen LogP contribution in [0.2, 0.25) is 10.0 Å². The quantitative estimate of drug-likeness (QED) is 0.109. The third-order valence-corrected chi connectivity index (χ3v) is 19.0. The van der Waals surface area contributed by atoms with Crippen molar-refractivity contribution in [2.24, 2.45) is 0 Å². The molecule has 8 fully saturated rings. The van der Waals surface area contributed by atoms with Gasteiger partial charge < -0.3 is 29.3 Å². The molecule has 1 amide bonds. The number of aromatic nitrogens is 6. The summed E-state index contributed by atoms with van der Waals surface area (Å²) in [6.07, 6.45) is 18.1. The summed E-state index contributed by atoms with van der Waals surface area (Å²) >= 11 is 12.8. The second-order valence-electron chi connectivity index (χ2n) is 23.1. The number of nitrogens with zero attached hydrogens (tertiary/aromatic N) is 11. The molecule has 20 heteroatoms. The lowest BCUT2D eigenvalue weighted by Crippen LogP contribution is -2.56. The van der Waals surface area contributed by atoms with E-state index >= 15 is 8.78 Å². The highest BCUT2D eigenvalue weighted by Gasteiger charge is 2.48. The average molecular weight is 1120 g/mol. The highest BCUT2D eigenvalue weighted by Crippen LogP contribution is 2.43. The standard InChI is InChI=1S/C32H38ClFN6O3.C27H30ClFN6O/c1-2-3-16-42-31(41)40-21-10-11-22(40)19-38(18-21)29-24-17-35-27(23-8-4-5-9-25(23)33)26(34)28(24)36-30(37-29)43-20-32-12-6-14-39(32)15-7-13-32;28-21-6-2-1-5-19(21)23-22(29)24-20(13-30-23)25(34-14-17-7-8-18(15-34)31-17)33-26(32-24)36-16-27-9-3-11-35(27)12-4-10-27/h4-5,8-9,17,21-22H,2-3,6-7,10-16,18-20H2,1H3;1-2,5-6,13,17-18,31H,3-4,7-12,14-16H2/t;17-,18+. The molecule has 4 aromatic heterocycles. The summed E-state index contributed by atoms with van der Waals surface area (Å²) in [5, 5.41) is 5.65. The van der Waals surface area contributed by atoms with E-state index in [0.29, 0.717) is 88.6 Å². The van der Waals surface area contributed by atoms with Gasteiger partial charge in [0.2, 0.25) is 0 Å². The molecule has 14 rings (SSSR count). The van der Waals surface area contributed by atoms with Crippen molar-refractivity contribution in [3.63, 3.8) is 0 Å². The van der Waals surface area contributed by atoms with Crippen LogP contribution in [0, 0.1) is 11.6 Å². The first-order valence-electron chi connectivity index (χ1n) is 28.8. The van der Waals surface area contributed by atoms with Crippen molar-refractivity contribution in [1.82, 2.24) is 49.9 Å². The third kappa shape index (κ3) is 9.94. The number of fused-ring (bicyclic) bond motifs is 8. The number of hydrogen-bond acceptors (Lipinski definition) is 15. The Hall–Kier alpha value is -5.79. The number of amides is 1. The van der Waals surface area contributed by atoms with Crippen molar-refractivity contribution >= 4 is 62.7 Å². The number of hydrogen-bond donors (Lipinski definition) is 1. The van der Waals surface area contributed by atoms with Gasteiger partial charge in [0.25, 0.3) is 0 Å². The highest BCUT2D eigenvalue weighted by atomic mass is 35.5. The summed E-state index contributed by atoms with van der Waals surface area (Å²) in [5.74, 6) is 0.244. The minimum atomic E-state index is -0.554. The van der Waals surface area contributed by atoms with Crippen LogP contribution >= 0.6 is 23.2 Å². The smallest absolute Gasteiger partial charge is 0.410 e. The molecule has 0 radical (unpaired) electrons. The molecule has 8 aliphatic rings. The van der Waals surface area contributed by atoms with Gasteiger partial charge in [-0.1, -0.05) is 72.9 Å². The lowest BCUT2D eigenvalue weighted by Gasteiger charge is -2.41. The van der Waals surface area contributed by atoms with Crippen molar-refractivity contribution in [1.29, 1.82) is 0 Å². The molecule has 4 bridgehead atoms. The first-order chi connectivity index (χ1) is 38.6. The molecular formula is C59H68Cl2F2N12O4. The Labute approximate surface area is 469 Å².